The van der Waals surface area contributed by atoms with Crippen LogP contribution >= 0.6 is 11.3 Å². The first-order valence-corrected chi connectivity index (χ1v) is 7.44. The van der Waals surface area contributed by atoms with Crippen LogP contribution in [-0.2, 0) is 11.0 Å². The maximum Gasteiger partial charge on any atom is 0.433 e. The number of thiazole rings is 1. The molecule has 6 nitrogen and oxygen atoms in total. The fraction of sp³-hybridized carbons (Fsp3) is 0.143. The third-order valence-electron chi connectivity index (χ3n) is 3.15. The van der Waals surface area contributed by atoms with Gasteiger partial charge in [-0.3, -0.25) is 4.79 Å². The first-order valence-electron chi connectivity index (χ1n) is 6.62. The van der Waals surface area contributed by atoms with Crippen molar-refractivity contribution in [2.75, 3.05) is 5.73 Å². The Labute approximate surface area is 137 Å². The standard InChI is InChI=1S/C14H10F3N5OS/c15-14(16,17)8-5-9(18)22-12(21-8)10(11(19)23)13-20-6-3-1-2-4-7(6)24-13/h1-5,10H,(H2,19,23)(H2,18,21,22). The van der Waals surface area contributed by atoms with E-state index in [0.717, 1.165) is 16.0 Å². The molecule has 2 heterocycles. The summed E-state index contributed by atoms with van der Waals surface area (Å²) in [6.45, 7) is 0. The van der Waals surface area contributed by atoms with E-state index in [4.69, 9.17) is 11.5 Å². The summed E-state index contributed by atoms with van der Waals surface area (Å²) in [5.41, 5.74) is 10.1. The summed E-state index contributed by atoms with van der Waals surface area (Å²) in [7, 11) is 0. The van der Waals surface area contributed by atoms with Gasteiger partial charge in [-0.15, -0.1) is 11.3 Å². The molecule has 0 saturated carbocycles. The van der Waals surface area contributed by atoms with Gasteiger partial charge in [0, 0.05) is 6.07 Å². The third-order valence-corrected chi connectivity index (χ3v) is 4.26. The number of nitrogen functional groups attached to an aromatic ring is 1. The quantitative estimate of drug-likeness (QED) is 0.751. The van der Waals surface area contributed by atoms with Gasteiger partial charge in [-0.2, -0.15) is 13.2 Å². The van der Waals surface area contributed by atoms with Crippen molar-refractivity contribution in [3.63, 3.8) is 0 Å². The zero-order valence-electron chi connectivity index (χ0n) is 11.9. The molecule has 0 radical (unpaired) electrons. The average molecular weight is 353 g/mol. The number of nitrogens with two attached hydrogens (primary N) is 2. The molecule has 1 unspecified atom stereocenters. The number of aromatic nitrogens is 3. The Morgan fingerprint density at radius 1 is 1.17 bits per heavy atom. The van der Waals surface area contributed by atoms with Gasteiger partial charge in [0.2, 0.25) is 5.91 Å². The summed E-state index contributed by atoms with van der Waals surface area (Å²) < 4.78 is 39.5. The Morgan fingerprint density at radius 3 is 2.50 bits per heavy atom. The van der Waals surface area contributed by atoms with E-state index in [9.17, 15) is 18.0 Å². The summed E-state index contributed by atoms with van der Waals surface area (Å²) in [6, 6.07) is 7.62. The van der Waals surface area contributed by atoms with Crippen molar-refractivity contribution in [3.8, 4) is 0 Å². The van der Waals surface area contributed by atoms with Crippen LogP contribution in [0.1, 0.15) is 22.4 Å². The second-order valence-electron chi connectivity index (χ2n) is 4.89. The number of rotatable bonds is 3. The highest BCUT2D eigenvalue weighted by Gasteiger charge is 2.36. The highest BCUT2D eigenvalue weighted by Crippen LogP contribution is 2.33. The molecule has 0 aliphatic rings. The lowest BCUT2D eigenvalue weighted by atomic mass is 10.1. The molecule has 0 fully saturated rings. The predicted octanol–water partition coefficient (Wildman–Crippen LogP) is 2.30. The van der Waals surface area contributed by atoms with Crippen LogP contribution in [0.25, 0.3) is 10.2 Å². The molecule has 4 N–H and O–H groups in total. The summed E-state index contributed by atoms with van der Waals surface area (Å²) in [4.78, 5) is 23.3. The fourth-order valence-electron chi connectivity index (χ4n) is 2.13. The third kappa shape index (κ3) is 3.00. The molecule has 24 heavy (non-hydrogen) atoms. The zero-order valence-corrected chi connectivity index (χ0v) is 12.7. The number of amides is 1. The Hall–Kier alpha value is -2.75. The zero-order chi connectivity index (χ0) is 17.5. The Kier molecular flexibility index (Phi) is 3.84. The molecule has 1 amide bonds. The molecular formula is C14H10F3N5OS. The van der Waals surface area contributed by atoms with Crippen molar-refractivity contribution in [1.82, 2.24) is 15.0 Å². The van der Waals surface area contributed by atoms with Gasteiger partial charge in [-0.1, -0.05) is 12.1 Å². The number of hydrogen-bond donors (Lipinski definition) is 2. The SMILES string of the molecule is NC(=O)C(c1nc(N)cc(C(F)(F)F)n1)c1nc2ccccc2s1. The van der Waals surface area contributed by atoms with Gasteiger partial charge in [-0.05, 0) is 12.1 Å². The number of carbonyl (C=O) groups excluding carboxylic acids is 1. The van der Waals surface area contributed by atoms with E-state index in [1.807, 2.05) is 0 Å². The lowest BCUT2D eigenvalue weighted by Crippen LogP contribution is -2.25. The second-order valence-corrected chi connectivity index (χ2v) is 5.95. The van der Waals surface area contributed by atoms with E-state index in [1.165, 1.54) is 0 Å². The first kappa shape index (κ1) is 16.1. The molecule has 0 bridgehead atoms. The van der Waals surface area contributed by atoms with Gasteiger partial charge in [0.15, 0.2) is 5.82 Å². The molecule has 1 atom stereocenters. The van der Waals surface area contributed by atoms with E-state index in [-0.39, 0.29) is 5.01 Å². The van der Waals surface area contributed by atoms with Crippen molar-refractivity contribution in [3.05, 3.63) is 46.9 Å². The molecule has 0 aliphatic heterocycles. The average Bonchev–Trinajstić information content (AvgIpc) is 2.88. The number of para-hydroxylation sites is 1. The van der Waals surface area contributed by atoms with Crippen molar-refractivity contribution in [2.24, 2.45) is 5.73 Å². The summed E-state index contributed by atoms with van der Waals surface area (Å²) in [5.74, 6) is -3.05. The largest absolute Gasteiger partial charge is 0.433 e. The molecule has 1 aromatic carbocycles. The fourth-order valence-corrected chi connectivity index (χ4v) is 3.21. The van der Waals surface area contributed by atoms with Crippen LogP contribution in [0.15, 0.2) is 30.3 Å². The molecule has 3 aromatic rings. The van der Waals surface area contributed by atoms with Gasteiger partial charge in [0.1, 0.15) is 22.4 Å². The van der Waals surface area contributed by atoms with Gasteiger partial charge < -0.3 is 11.5 Å². The minimum Gasteiger partial charge on any atom is -0.384 e. The van der Waals surface area contributed by atoms with Gasteiger partial charge >= 0.3 is 6.18 Å². The molecular weight excluding hydrogens is 343 g/mol. The highest BCUT2D eigenvalue weighted by atomic mass is 32.1. The van der Waals surface area contributed by atoms with Gasteiger partial charge in [0.25, 0.3) is 0 Å². The molecule has 124 valence electrons. The van der Waals surface area contributed by atoms with Gasteiger partial charge in [0.05, 0.1) is 10.2 Å². The van der Waals surface area contributed by atoms with E-state index in [2.05, 4.69) is 15.0 Å². The molecule has 0 aliphatic carbocycles. The van der Waals surface area contributed by atoms with E-state index >= 15 is 0 Å². The molecule has 3 rings (SSSR count). The number of alkyl halides is 3. The van der Waals surface area contributed by atoms with Crippen LogP contribution < -0.4 is 11.5 Å². The number of hydrogen-bond acceptors (Lipinski definition) is 6. The Morgan fingerprint density at radius 2 is 1.88 bits per heavy atom. The second kappa shape index (κ2) is 5.71. The van der Waals surface area contributed by atoms with E-state index in [1.54, 1.807) is 24.3 Å². The van der Waals surface area contributed by atoms with Crippen LogP contribution in [0, 0.1) is 0 Å². The lowest BCUT2D eigenvalue weighted by Gasteiger charge is -2.12. The van der Waals surface area contributed by atoms with Crippen LogP contribution in [0.2, 0.25) is 0 Å². The monoisotopic (exact) mass is 353 g/mol. The summed E-state index contributed by atoms with van der Waals surface area (Å²) in [5, 5.41) is 0.211. The van der Waals surface area contributed by atoms with Gasteiger partial charge in [-0.25, -0.2) is 15.0 Å². The minimum atomic E-state index is -4.72. The highest BCUT2D eigenvalue weighted by molar-refractivity contribution is 7.18. The van der Waals surface area contributed by atoms with Crippen LogP contribution in [-0.4, -0.2) is 20.9 Å². The molecule has 10 heteroatoms. The number of primary amides is 1. The number of carbonyl (C=O) groups is 1. The number of nitrogens with zero attached hydrogens (tertiary/aromatic N) is 3. The van der Waals surface area contributed by atoms with E-state index in [0.29, 0.717) is 11.6 Å². The number of benzene rings is 1. The van der Waals surface area contributed by atoms with Crippen molar-refractivity contribution in [1.29, 1.82) is 0 Å². The maximum absolute atomic E-state index is 12.9. The van der Waals surface area contributed by atoms with Crippen LogP contribution in [0.4, 0.5) is 19.0 Å². The van der Waals surface area contributed by atoms with Crippen molar-refractivity contribution < 1.29 is 18.0 Å². The minimum absolute atomic E-state index is 0.211. The van der Waals surface area contributed by atoms with Crippen molar-refractivity contribution >= 4 is 33.3 Å². The van der Waals surface area contributed by atoms with Crippen LogP contribution in [0.5, 0.6) is 0 Å². The predicted molar refractivity (Wildman–Crippen MR) is 82.1 cm³/mol. The summed E-state index contributed by atoms with van der Waals surface area (Å²) >= 11 is 1.13. The number of halogens is 3. The smallest absolute Gasteiger partial charge is 0.384 e. The molecule has 0 saturated heterocycles. The summed E-state index contributed by atoms with van der Waals surface area (Å²) in [6.07, 6.45) is -4.72. The lowest BCUT2D eigenvalue weighted by molar-refractivity contribution is -0.141. The Balaban J connectivity index is 2.15. The number of fused-ring (bicyclic) bond motifs is 1. The maximum atomic E-state index is 12.9. The van der Waals surface area contributed by atoms with Crippen LogP contribution in [0.3, 0.4) is 0 Å². The first-order chi connectivity index (χ1) is 11.3. The molecule has 2 aromatic heterocycles. The molecule has 0 spiro atoms. The topological polar surface area (TPSA) is 108 Å². The van der Waals surface area contributed by atoms with Crippen molar-refractivity contribution in [2.45, 2.75) is 12.1 Å². The van der Waals surface area contributed by atoms with E-state index < -0.39 is 35.3 Å². The Bertz CT molecular complexity index is 891. The normalized spacial score (nSPS) is 13.1. The number of anilines is 1.